The Balaban J connectivity index is 1.59. The molecule has 6 nitrogen and oxygen atoms in total. The fraction of sp³-hybridized carbons (Fsp3) is 0.706. The van der Waals surface area contributed by atoms with Crippen molar-refractivity contribution in [2.45, 2.75) is 44.9 Å². The minimum Gasteiger partial charge on any atom is -0.467 e. The first kappa shape index (κ1) is 16.3. The Hall–Kier alpha value is -1.53. The van der Waals surface area contributed by atoms with Crippen LogP contribution in [0.15, 0.2) is 27.8 Å². The van der Waals surface area contributed by atoms with Crippen LogP contribution in [-0.4, -0.2) is 45.0 Å². The van der Waals surface area contributed by atoms with Crippen molar-refractivity contribution < 1.29 is 13.9 Å². The van der Waals surface area contributed by atoms with E-state index >= 15 is 0 Å². The molecule has 1 saturated carbocycles. The first-order valence-corrected chi connectivity index (χ1v) is 8.47. The SMILES string of the molecule is CCOC1CC(NC(=NC)NCc2ccco2)C12CCOCC2. The molecule has 1 aromatic rings. The van der Waals surface area contributed by atoms with Crippen LogP contribution in [0.1, 0.15) is 31.9 Å². The van der Waals surface area contributed by atoms with Crippen molar-refractivity contribution in [1.29, 1.82) is 0 Å². The lowest BCUT2D eigenvalue weighted by Crippen LogP contribution is -2.67. The molecule has 2 unspecified atom stereocenters. The Labute approximate surface area is 137 Å². The van der Waals surface area contributed by atoms with E-state index in [2.05, 4.69) is 22.5 Å². The average Bonchev–Trinajstić information content (AvgIpc) is 3.11. The summed E-state index contributed by atoms with van der Waals surface area (Å²) in [6.07, 6.45) is 5.13. The van der Waals surface area contributed by atoms with Gasteiger partial charge in [0.05, 0.1) is 18.9 Å². The average molecular weight is 321 g/mol. The van der Waals surface area contributed by atoms with Gasteiger partial charge in [0.25, 0.3) is 0 Å². The molecular weight excluding hydrogens is 294 g/mol. The van der Waals surface area contributed by atoms with Crippen LogP contribution in [0, 0.1) is 5.41 Å². The summed E-state index contributed by atoms with van der Waals surface area (Å²) in [5.41, 5.74) is 0.177. The van der Waals surface area contributed by atoms with E-state index < -0.39 is 0 Å². The van der Waals surface area contributed by atoms with Crippen LogP contribution in [0.4, 0.5) is 0 Å². The molecule has 1 aliphatic carbocycles. The summed E-state index contributed by atoms with van der Waals surface area (Å²) in [5.74, 6) is 1.71. The number of guanidine groups is 1. The van der Waals surface area contributed by atoms with Gasteiger partial charge >= 0.3 is 0 Å². The molecule has 3 rings (SSSR count). The predicted octanol–water partition coefficient (Wildman–Crippen LogP) is 1.92. The molecule has 2 heterocycles. The molecule has 1 saturated heterocycles. The molecule has 0 bridgehead atoms. The molecule has 2 fully saturated rings. The number of rotatable bonds is 5. The molecule has 1 aliphatic heterocycles. The first-order valence-electron chi connectivity index (χ1n) is 8.47. The zero-order chi connectivity index (χ0) is 16.1. The normalized spacial score (nSPS) is 26.8. The largest absolute Gasteiger partial charge is 0.467 e. The van der Waals surface area contributed by atoms with E-state index in [9.17, 15) is 0 Å². The van der Waals surface area contributed by atoms with E-state index in [1.807, 2.05) is 12.1 Å². The lowest BCUT2D eigenvalue weighted by Gasteiger charge is -2.57. The molecule has 2 atom stereocenters. The van der Waals surface area contributed by atoms with Gasteiger partial charge in [0.2, 0.25) is 0 Å². The summed E-state index contributed by atoms with van der Waals surface area (Å²) in [5, 5.41) is 6.89. The summed E-state index contributed by atoms with van der Waals surface area (Å²) in [6, 6.07) is 4.23. The maximum absolute atomic E-state index is 5.96. The van der Waals surface area contributed by atoms with Gasteiger partial charge in [0.15, 0.2) is 5.96 Å². The summed E-state index contributed by atoms with van der Waals surface area (Å²) in [7, 11) is 1.80. The van der Waals surface area contributed by atoms with E-state index in [1.165, 1.54) is 0 Å². The number of nitrogens with one attached hydrogen (secondary N) is 2. The van der Waals surface area contributed by atoms with E-state index in [1.54, 1.807) is 13.3 Å². The fourth-order valence-corrected chi connectivity index (χ4v) is 3.75. The minimum absolute atomic E-state index is 0.177. The molecular formula is C17H27N3O3. The molecule has 1 spiro atoms. The second-order valence-electron chi connectivity index (χ2n) is 6.23. The Morgan fingerprint density at radius 1 is 1.43 bits per heavy atom. The van der Waals surface area contributed by atoms with E-state index in [-0.39, 0.29) is 5.41 Å². The molecule has 128 valence electrons. The number of nitrogens with zero attached hydrogens (tertiary/aromatic N) is 1. The number of furan rings is 1. The van der Waals surface area contributed by atoms with Crippen LogP contribution in [0.5, 0.6) is 0 Å². The number of hydrogen-bond acceptors (Lipinski definition) is 4. The summed E-state index contributed by atoms with van der Waals surface area (Å²) in [6.45, 7) is 5.11. The molecule has 1 aromatic heterocycles. The predicted molar refractivity (Wildman–Crippen MR) is 88.3 cm³/mol. The van der Waals surface area contributed by atoms with Crippen LogP contribution in [0.25, 0.3) is 0 Å². The minimum atomic E-state index is 0.177. The molecule has 0 aromatic carbocycles. The van der Waals surface area contributed by atoms with E-state index in [0.717, 1.165) is 50.8 Å². The van der Waals surface area contributed by atoms with Crippen LogP contribution < -0.4 is 10.6 Å². The fourth-order valence-electron chi connectivity index (χ4n) is 3.75. The van der Waals surface area contributed by atoms with Crippen molar-refractivity contribution in [3.63, 3.8) is 0 Å². The van der Waals surface area contributed by atoms with Crippen molar-refractivity contribution in [2.24, 2.45) is 10.4 Å². The van der Waals surface area contributed by atoms with Gasteiger partial charge in [-0.25, -0.2) is 0 Å². The lowest BCUT2D eigenvalue weighted by atomic mass is 9.57. The van der Waals surface area contributed by atoms with Gasteiger partial charge in [0.1, 0.15) is 5.76 Å². The molecule has 2 aliphatic rings. The molecule has 6 heteroatoms. The highest BCUT2D eigenvalue weighted by Crippen LogP contribution is 2.50. The van der Waals surface area contributed by atoms with Gasteiger partial charge < -0.3 is 24.5 Å². The number of ether oxygens (including phenoxy) is 2. The Bertz CT molecular complexity index is 509. The highest BCUT2D eigenvalue weighted by molar-refractivity contribution is 5.80. The first-order chi connectivity index (χ1) is 11.3. The highest BCUT2D eigenvalue weighted by Gasteiger charge is 2.56. The van der Waals surface area contributed by atoms with Crippen molar-refractivity contribution in [2.75, 3.05) is 26.9 Å². The van der Waals surface area contributed by atoms with Crippen LogP contribution in [0.3, 0.4) is 0 Å². The molecule has 2 N–H and O–H groups in total. The molecule has 0 amide bonds. The third-order valence-electron chi connectivity index (χ3n) is 5.12. The standard InChI is InChI=1S/C17H27N3O3/c1-3-22-15-11-14(17(15)6-9-21-10-7-17)20-16(18-2)19-12-13-5-4-8-23-13/h4-5,8,14-15H,3,6-7,9-12H2,1-2H3,(H2,18,19,20). The summed E-state index contributed by atoms with van der Waals surface area (Å²) in [4.78, 5) is 4.34. The topological polar surface area (TPSA) is 68.0 Å². The third-order valence-corrected chi connectivity index (χ3v) is 5.12. The zero-order valence-electron chi connectivity index (χ0n) is 14.0. The van der Waals surface area contributed by atoms with E-state index in [4.69, 9.17) is 13.9 Å². The maximum atomic E-state index is 5.96. The summed E-state index contributed by atoms with van der Waals surface area (Å²) >= 11 is 0. The van der Waals surface area contributed by atoms with Crippen LogP contribution in [0.2, 0.25) is 0 Å². The second kappa shape index (κ2) is 7.36. The summed E-state index contributed by atoms with van der Waals surface area (Å²) < 4.78 is 16.9. The quantitative estimate of drug-likeness (QED) is 0.640. The third kappa shape index (κ3) is 3.38. The Kier molecular flexibility index (Phi) is 5.23. The van der Waals surface area contributed by atoms with Gasteiger partial charge in [0, 0.05) is 38.3 Å². The highest BCUT2D eigenvalue weighted by atomic mass is 16.5. The van der Waals surface area contributed by atoms with Gasteiger partial charge in [-0.15, -0.1) is 0 Å². The molecule has 23 heavy (non-hydrogen) atoms. The van der Waals surface area contributed by atoms with Crippen molar-refractivity contribution in [3.05, 3.63) is 24.2 Å². The van der Waals surface area contributed by atoms with E-state index in [0.29, 0.717) is 18.7 Å². The smallest absolute Gasteiger partial charge is 0.191 e. The molecule has 0 radical (unpaired) electrons. The van der Waals surface area contributed by atoms with Gasteiger partial charge in [-0.05, 0) is 38.3 Å². The number of aliphatic imine (C=N–C) groups is 1. The van der Waals surface area contributed by atoms with Gasteiger partial charge in [-0.3, -0.25) is 4.99 Å². The van der Waals surface area contributed by atoms with Crippen molar-refractivity contribution in [3.8, 4) is 0 Å². The van der Waals surface area contributed by atoms with Crippen molar-refractivity contribution >= 4 is 5.96 Å². The lowest BCUT2D eigenvalue weighted by molar-refractivity contribution is -0.169. The van der Waals surface area contributed by atoms with Crippen LogP contribution in [-0.2, 0) is 16.0 Å². The second-order valence-corrected chi connectivity index (χ2v) is 6.23. The van der Waals surface area contributed by atoms with Crippen molar-refractivity contribution in [1.82, 2.24) is 10.6 Å². The van der Waals surface area contributed by atoms with Gasteiger partial charge in [-0.1, -0.05) is 0 Å². The Morgan fingerprint density at radius 3 is 2.91 bits per heavy atom. The van der Waals surface area contributed by atoms with Gasteiger partial charge in [-0.2, -0.15) is 0 Å². The number of hydrogen-bond donors (Lipinski definition) is 2. The maximum Gasteiger partial charge on any atom is 0.191 e. The van der Waals surface area contributed by atoms with Crippen LogP contribution >= 0.6 is 0 Å². The zero-order valence-corrected chi connectivity index (χ0v) is 14.0. The Morgan fingerprint density at radius 2 is 2.26 bits per heavy atom. The monoisotopic (exact) mass is 321 g/mol.